The van der Waals surface area contributed by atoms with E-state index >= 15 is 0 Å². The summed E-state index contributed by atoms with van der Waals surface area (Å²) in [6.45, 7) is 8.24. The van der Waals surface area contributed by atoms with Crippen LogP contribution in [0.2, 0.25) is 0 Å². The van der Waals surface area contributed by atoms with Crippen LogP contribution in [0.4, 0.5) is 4.79 Å². The first-order valence-electron chi connectivity index (χ1n) is 10.1. The molecule has 0 radical (unpaired) electrons. The molecule has 6 nitrogen and oxygen atoms in total. The predicted molar refractivity (Wildman–Crippen MR) is 113 cm³/mol. The molecule has 29 heavy (non-hydrogen) atoms. The summed E-state index contributed by atoms with van der Waals surface area (Å²) in [5.74, 6) is 1.34. The molecule has 0 spiro atoms. The van der Waals surface area contributed by atoms with Crippen LogP contribution in [0.25, 0.3) is 11.0 Å². The Morgan fingerprint density at radius 3 is 2.66 bits per heavy atom. The van der Waals surface area contributed by atoms with Gasteiger partial charge >= 0.3 is 6.09 Å². The molecule has 2 heterocycles. The molecule has 1 aromatic carbocycles. The van der Waals surface area contributed by atoms with E-state index in [0.29, 0.717) is 19.1 Å². The summed E-state index contributed by atoms with van der Waals surface area (Å²) in [5.41, 5.74) is 0.334. The monoisotopic (exact) mass is 421 g/mol. The van der Waals surface area contributed by atoms with Crippen molar-refractivity contribution >= 4 is 28.2 Å². The van der Waals surface area contributed by atoms with E-state index in [9.17, 15) is 9.35 Å². The number of fused-ring (bicyclic) bond motifs is 1. The molecule has 0 saturated carbocycles. The zero-order chi connectivity index (χ0) is 21.0. The minimum atomic E-state index is -1.00. The highest BCUT2D eigenvalue weighted by Gasteiger charge is 2.26. The minimum Gasteiger partial charge on any atom is -0.612 e. The Morgan fingerprint density at radius 2 is 2.00 bits per heavy atom. The van der Waals surface area contributed by atoms with Crippen molar-refractivity contribution < 1.29 is 23.2 Å². The normalized spacial score (nSPS) is 16.9. The highest BCUT2D eigenvalue weighted by molar-refractivity contribution is 7.90. The summed E-state index contributed by atoms with van der Waals surface area (Å²) >= 11 is -1.00. The molecular weight excluding hydrogens is 390 g/mol. The maximum absolute atomic E-state index is 12.1. The molecule has 2 aromatic rings. The van der Waals surface area contributed by atoms with Crippen LogP contribution < -0.4 is 0 Å². The van der Waals surface area contributed by atoms with Crippen molar-refractivity contribution in [1.82, 2.24) is 4.90 Å². The second-order valence-corrected chi connectivity index (χ2v) is 10.00. The van der Waals surface area contributed by atoms with Crippen molar-refractivity contribution in [3.63, 3.8) is 0 Å². The Hall–Kier alpha value is -1.70. The number of rotatable bonds is 6. The molecule has 1 fully saturated rings. The van der Waals surface area contributed by atoms with Crippen LogP contribution in [0.1, 0.15) is 45.8 Å². The van der Waals surface area contributed by atoms with Gasteiger partial charge in [0.15, 0.2) is 4.90 Å². The Morgan fingerprint density at radius 1 is 1.28 bits per heavy atom. The van der Waals surface area contributed by atoms with E-state index in [4.69, 9.17) is 13.9 Å². The van der Waals surface area contributed by atoms with E-state index in [0.717, 1.165) is 54.0 Å². The van der Waals surface area contributed by atoms with E-state index < -0.39 is 16.8 Å². The number of furan rings is 1. The standard InChI is InChI=1S/C22H31NO5S/c1-22(2,3)28-21(24)23-10-7-16(8-11-23)9-12-26-15-18-13-17-14-19(29(4)25)5-6-20(17)27-18/h5-6,13-14,16H,7-12,15H2,1-4H3. The second-order valence-electron chi connectivity index (χ2n) is 8.62. The van der Waals surface area contributed by atoms with Crippen LogP contribution in [0.3, 0.4) is 0 Å². The summed E-state index contributed by atoms with van der Waals surface area (Å²) in [7, 11) is 0. The van der Waals surface area contributed by atoms with Gasteiger partial charge in [-0.3, -0.25) is 0 Å². The third-order valence-corrected chi connectivity index (χ3v) is 5.97. The third-order valence-electron chi connectivity index (χ3n) is 5.05. The summed E-state index contributed by atoms with van der Waals surface area (Å²) < 4.78 is 28.6. The van der Waals surface area contributed by atoms with E-state index in [1.807, 2.05) is 45.0 Å². The van der Waals surface area contributed by atoms with Gasteiger partial charge < -0.3 is 23.3 Å². The van der Waals surface area contributed by atoms with Crippen molar-refractivity contribution in [2.24, 2.45) is 5.92 Å². The van der Waals surface area contributed by atoms with Gasteiger partial charge in [0.2, 0.25) is 0 Å². The lowest BCUT2D eigenvalue weighted by atomic mass is 9.94. The van der Waals surface area contributed by atoms with Crippen molar-refractivity contribution in [2.75, 3.05) is 26.0 Å². The van der Waals surface area contributed by atoms with Crippen LogP contribution in [0.5, 0.6) is 0 Å². The topological polar surface area (TPSA) is 75.0 Å². The SMILES string of the molecule is C[S+]([O-])c1ccc2oc(COCCC3CCN(C(=O)OC(C)(C)C)CC3)cc2c1. The number of amides is 1. The number of hydrogen-bond acceptors (Lipinski definition) is 5. The fourth-order valence-corrected chi connectivity index (χ4v) is 4.03. The Balaban J connectivity index is 1.38. The zero-order valence-electron chi connectivity index (χ0n) is 17.7. The Bertz CT molecular complexity index is 818. The molecule has 1 saturated heterocycles. The van der Waals surface area contributed by atoms with Crippen molar-refractivity contribution in [3.8, 4) is 0 Å². The first-order chi connectivity index (χ1) is 13.7. The molecule has 3 rings (SSSR count). The molecule has 1 atom stereocenters. The van der Waals surface area contributed by atoms with Crippen LogP contribution in [0.15, 0.2) is 33.6 Å². The van der Waals surface area contributed by atoms with Gasteiger partial charge in [-0.15, -0.1) is 0 Å². The first-order valence-corrected chi connectivity index (χ1v) is 11.7. The van der Waals surface area contributed by atoms with Crippen molar-refractivity contribution in [2.45, 2.75) is 57.1 Å². The van der Waals surface area contributed by atoms with Gasteiger partial charge in [0, 0.05) is 31.1 Å². The van der Waals surface area contributed by atoms with Crippen LogP contribution in [-0.4, -0.2) is 47.1 Å². The number of benzene rings is 1. The minimum absolute atomic E-state index is 0.216. The quantitative estimate of drug-likeness (QED) is 0.498. The highest BCUT2D eigenvalue weighted by Crippen LogP contribution is 2.25. The summed E-state index contributed by atoms with van der Waals surface area (Å²) in [6.07, 6.45) is 4.38. The number of hydrogen-bond donors (Lipinski definition) is 0. The molecule has 1 aliphatic rings. The van der Waals surface area contributed by atoms with Gasteiger partial charge in [-0.05, 0) is 75.3 Å². The lowest BCUT2D eigenvalue weighted by Crippen LogP contribution is -2.41. The molecule has 7 heteroatoms. The Labute approximate surface area is 175 Å². The predicted octanol–water partition coefficient (Wildman–Crippen LogP) is 4.72. The molecule has 0 aliphatic carbocycles. The maximum Gasteiger partial charge on any atom is 0.410 e. The van der Waals surface area contributed by atoms with Crippen molar-refractivity contribution in [1.29, 1.82) is 0 Å². The molecule has 0 N–H and O–H groups in total. The van der Waals surface area contributed by atoms with Gasteiger partial charge in [0.1, 0.15) is 29.8 Å². The van der Waals surface area contributed by atoms with Gasteiger partial charge in [0.05, 0.1) is 0 Å². The van der Waals surface area contributed by atoms with E-state index in [-0.39, 0.29) is 6.09 Å². The molecule has 1 unspecified atom stereocenters. The van der Waals surface area contributed by atoms with Crippen molar-refractivity contribution in [3.05, 3.63) is 30.0 Å². The molecule has 160 valence electrons. The summed E-state index contributed by atoms with van der Waals surface area (Å²) in [5, 5.41) is 0.950. The first kappa shape index (κ1) is 22.0. The number of carbonyl (C=O) groups is 1. The second kappa shape index (κ2) is 9.41. The molecule has 1 amide bonds. The summed E-state index contributed by atoms with van der Waals surface area (Å²) in [6, 6.07) is 7.53. The number of piperidine rings is 1. The molecule has 1 aliphatic heterocycles. The number of ether oxygens (including phenoxy) is 2. The van der Waals surface area contributed by atoms with E-state index in [1.54, 1.807) is 11.2 Å². The maximum atomic E-state index is 12.1. The zero-order valence-corrected chi connectivity index (χ0v) is 18.5. The average molecular weight is 422 g/mol. The van der Waals surface area contributed by atoms with E-state index in [2.05, 4.69) is 0 Å². The molecular formula is C22H31NO5S. The fraction of sp³-hybridized carbons (Fsp3) is 0.591. The van der Waals surface area contributed by atoms with Crippen LogP contribution in [-0.2, 0) is 27.3 Å². The number of carbonyl (C=O) groups excluding carboxylic acids is 1. The van der Waals surface area contributed by atoms with Crippen LogP contribution in [0, 0.1) is 5.92 Å². The lowest BCUT2D eigenvalue weighted by molar-refractivity contribution is 0.0162. The van der Waals surface area contributed by atoms with Gasteiger partial charge in [-0.1, -0.05) is 0 Å². The highest BCUT2D eigenvalue weighted by atomic mass is 32.2. The third kappa shape index (κ3) is 6.39. The fourth-order valence-electron chi connectivity index (χ4n) is 3.48. The largest absolute Gasteiger partial charge is 0.612 e. The van der Waals surface area contributed by atoms with Crippen LogP contribution >= 0.6 is 0 Å². The molecule has 1 aromatic heterocycles. The smallest absolute Gasteiger partial charge is 0.410 e. The number of nitrogens with zero attached hydrogens (tertiary/aromatic N) is 1. The number of likely N-dealkylation sites (tertiary alicyclic amines) is 1. The van der Waals surface area contributed by atoms with Gasteiger partial charge in [-0.2, -0.15) is 0 Å². The molecule has 0 bridgehead atoms. The van der Waals surface area contributed by atoms with E-state index in [1.165, 1.54) is 0 Å². The Kier molecular flexibility index (Phi) is 7.14. The average Bonchev–Trinajstić information content (AvgIpc) is 3.06. The van der Waals surface area contributed by atoms with Gasteiger partial charge in [0.25, 0.3) is 0 Å². The summed E-state index contributed by atoms with van der Waals surface area (Å²) in [4.78, 5) is 14.7. The lowest BCUT2D eigenvalue weighted by Gasteiger charge is -2.33. The van der Waals surface area contributed by atoms with Gasteiger partial charge in [-0.25, -0.2) is 4.79 Å².